The van der Waals surface area contributed by atoms with E-state index in [1.807, 2.05) is 31.2 Å². The van der Waals surface area contributed by atoms with Gasteiger partial charge in [0.2, 0.25) is 5.13 Å². The van der Waals surface area contributed by atoms with Crippen molar-refractivity contribution in [2.75, 3.05) is 5.73 Å². The van der Waals surface area contributed by atoms with E-state index < -0.39 is 0 Å². The molecular weight excluding hydrogens is 348 g/mol. The predicted octanol–water partition coefficient (Wildman–Crippen LogP) is 3.19. The van der Waals surface area contributed by atoms with Crippen LogP contribution in [-0.2, 0) is 0 Å². The Balaban J connectivity index is 1.69. The lowest BCUT2D eigenvalue weighted by molar-refractivity contribution is 0.0939. The number of rotatable bonds is 5. The number of benzene rings is 1. The molecule has 0 radical (unpaired) electrons. The zero-order valence-corrected chi connectivity index (χ0v) is 15.6. The summed E-state index contributed by atoms with van der Waals surface area (Å²) in [4.78, 5) is 12.4. The van der Waals surface area contributed by atoms with Crippen molar-refractivity contribution in [1.29, 1.82) is 0 Å². The third-order valence-electron chi connectivity index (χ3n) is 3.89. The van der Waals surface area contributed by atoms with Gasteiger partial charge in [0.15, 0.2) is 0 Å². The molecule has 1 aromatic carbocycles. The maximum atomic E-state index is 12.4. The highest BCUT2D eigenvalue weighted by molar-refractivity contribution is 7.15. The molecule has 0 fully saturated rings. The zero-order valence-electron chi connectivity index (χ0n) is 14.8. The van der Waals surface area contributed by atoms with Crippen molar-refractivity contribution in [3.63, 3.8) is 0 Å². The van der Waals surface area contributed by atoms with Gasteiger partial charge in [0, 0.05) is 11.1 Å². The summed E-state index contributed by atoms with van der Waals surface area (Å²) in [5.41, 5.74) is 8.78. The Hall–Kier alpha value is -2.87. The molecule has 0 spiro atoms. The average Bonchev–Trinajstić information content (AvgIpc) is 3.08. The molecule has 2 aromatic heterocycles. The molecule has 1 atom stereocenters. The van der Waals surface area contributed by atoms with Gasteiger partial charge in [-0.1, -0.05) is 37.3 Å². The predicted molar refractivity (Wildman–Crippen MR) is 102 cm³/mol. The van der Waals surface area contributed by atoms with Gasteiger partial charge in [0.1, 0.15) is 5.01 Å². The molecule has 2 heterocycles. The van der Waals surface area contributed by atoms with Gasteiger partial charge in [-0.3, -0.25) is 4.79 Å². The first-order valence-corrected chi connectivity index (χ1v) is 9.09. The largest absolute Gasteiger partial charge is 0.374 e. The molecule has 0 saturated heterocycles. The van der Waals surface area contributed by atoms with Gasteiger partial charge >= 0.3 is 0 Å². The number of hydrogen-bond donors (Lipinski definition) is 2. The van der Waals surface area contributed by atoms with Gasteiger partial charge in [0.25, 0.3) is 5.91 Å². The van der Waals surface area contributed by atoms with E-state index in [4.69, 9.17) is 5.73 Å². The van der Waals surface area contributed by atoms with E-state index >= 15 is 0 Å². The number of nitrogens with one attached hydrogen (secondary N) is 1. The van der Waals surface area contributed by atoms with E-state index in [-0.39, 0.29) is 11.9 Å². The van der Waals surface area contributed by atoms with Crippen LogP contribution in [0.25, 0.3) is 11.3 Å². The third kappa shape index (κ3) is 4.02. The van der Waals surface area contributed by atoms with Crippen LogP contribution in [0.1, 0.15) is 53.8 Å². The highest BCUT2D eigenvalue weighted by atomic mass is 32.1. The monoisotopic (exact) mass is 368 g/mol. The second-order valence-corrected chi connectivity index (χ2v) is 7.29. The van der Waals surface area contributed by atoms with Crippen LogP contribution in [0.3, 0.4) is 0 Å². The molecule has 0 bridgehead atoms. The number of carbonyl (C=O) groups excluding carboxylic acids is 1. The molecule has 134 valence electrons. The number of carbonyl (C=O) groups is 1. The number of nitrogens with zero attached hydrogens (tertiary/aromatic N) is 4. The fourth-order valence-corrected chi connectivity index (χ4v) is 2.97. The average molecular weight is 368 g/mol. The fourth-order valence-electron chi connectivity index (χ4n) is 2.36. The topological polar surface area (TPSA) is 107 Å². The van der Waals surface area contributed by atoms with E-state index in [1.165, 1.54) is 11.3 Å². The normalized spacial score (nSPS) is 12.2. The molecule has 0 saturated carbocycles. The van der Waals surface area contributed by atoms with Crippen LogP contribution < -0.4 is 11.1 Å². The van der Waals surface area contributed by atoms with Crippen molar-refractivity contribution >= 4 is 22.4 Å². The molecule has 0 aliphatic rings. The zero-order chi connectivity index (χ0) is 18.7. The molecule has 0 aliphatic carbocycles. The van der Waals surface area contributed by atoms with Crippen molar-refractivity contribution in [3.8, 4) is 11.3 Å². The van der Waals surface area contributed by atoms with Gasteiger partial charge in [-0.25, -0.2) is 0 Å². The number of nitrogen functional groups attached to an aromatic ring is 1. The lowest BCUT2D eigenvalue weighted by atomic mass is 10.1. The highest BCUT2D eigenvalue weighted by Crippen LogP contribution is 2.21. The second-order valence-electron chi connectivity index (χ2n) is 6.25. The first-order chi connectivity index (χ1) is 12.4. The second kappa shape index (κ2) is 7.57. The number of anilines is 1. The molecule has 0 unspecified atom stereocenters. The third-order valence-corrected chi connectivity index (χ3v) is 4.83. The van der Waals surface area contributed by atoms with Crippen molar-refractivity contribution < 1.29 is 4.79 Å². The van der Waals surface area contributed by atoms with Gasteiger partial charge in [-0.2, -0.15) is 10.2 Å². The maximum absolute atomic E-state index is 12.4. The highest BCUT2D eigenvalue weighted by Gasteiger charge is 2.15. The van der Waals surface area contributed by atoms with Crippen LogP contribution in [0.4, 0.5) is 5.13 Å². The van der Waals surface area contributed by atoms with Crippen LogP contribution in [-0.4, -0.2) is 26.3 Å². The Labute approximate surface area is 155 Å². The van der Waals surface area contributed by atoms with Gasteiger partial charge in [-0.05, 0) is 37.1 Å². The number of amides is 1. The van der Waals surface area contributed by atoms with Crippen LogP contribution in [0.15, 0.2) is 36.4 Å². The Kier molecular flexibility index (Phi) is 5.22. The molecule has 8 heteroatoms. The number of aromatic nitrogens is 4. The minimum atomic E-state index is -0.258. The minimum Gasteiger partial charge on any atom is -0.374 e. The Morgan fingerprint density at radius 2 is 1.73 bits per heavy atom. The van der Waals surface area contributed by atoms with E-state index in [0.29, 0.717) is 21.6 Å². The Morgan fingerprint density at radius 3 is 2.27 bits per heavy atom. The SMILES string of the molecule is CC(C)c1ccc(-c2ccc(C(=O)N[C@H](C)c3nnc(N)s3)cc2)nn1. The molecule has 0 aliphatic heterocycles. The van der Waals surface area contributed by atoms with Crippen molar-refractivity contribution in [1.82, 2.24) is 25.7 Å². The van der Waals surface area contributed by atoms with Crippen LogP contribution in [0.2, 0.25) is 0 Å². The quantitative estimate of drug-likeness (QED) is 0.716. The van der Waals surface area contributed by atoms with Crippen LogP contribution in [0.5, 0.6) is 0 Å². The number of hydrogen-bond acceptors (Lipinski definition) is 7. The summed E-state index contributed by atoms with van der Waals surface area (Å²) in [6, 6.07) is 10.9. The number of nitrogens with two attached hydrogens (primary N) is 1. The standard InChI is InChI=1S/C18H20N6OS/c1-10(2)14-8-9-15(22-21-14)12-4-6-13(7-5-12)16(25)20-11(3)17-23-24-18(19)26-17/h4-11H,1-3H3,(H2,19,24)(H,20,25)/t11-/m1/s1. The Bertz CT molecular complexity index is 889. The molecule has 3 N–H and O–H groups in total. The Morgan fingerprint density at radius 1 is 1.00 bits per heavy atom. The van der Waals surface area contributed by atoms with Gasteiger partial charge < -0.3 is 11.1 Å². The van der Waals surface area contributed by atoms with E-state index in [1.54, 1.807) is 12.1 Å². The van der Waals surface area contributed by atoms with E-state index in [9.17, 15) is 4.79 Å². The fraction of sp³-hybridized carbons (Fsp3) is 0.278. The smallest absolute Gasteiger partial charge is 0.251 e. The lowest BCUT2D eigenvalue weighted by Crippen LogP contribution is -2.26. The summed E-state index contributed by atoms with van der Waals surface area (Å²) < 4.78 is 0. The van der Waals surface area contributed by atoms with Crippen LogP contribution >= 0.6 is 11.3 Å². The molecule has 1 amide bonds. The molecule has 7 nitrogen and oxygen atoms in total. The van der Waals surface area contributed by atoms with Crippen molar-refractivity contribution in [2.24, 2.45) is 0 Å². The first-order valence-electron chi connectivity index (χ1n) is 8.28. The first kappa shape index (κ1) is 17.9. The van der Waals surface area contributed by atoms with Gasteiger partial charge in [0.05, 0.1) is 17.4 Å². The summed E-state index contributed by atoms with van der Waals surface area (Å²) >= 11 is 1.26. The summed E-state index contributed by atoms with van der Waals surface area (Å²) in [7, 11) is 0. The summed E-state index contributed by atoms with van der Waals surface area (Å²) in [5, 5.41) is 20.2. The maximum Gasteiger partial charge on any atom is 0.251 e. The van der Waals surface area contributed by atoms with Crippen molar-refractivity contribution in [3.05, 3.63) is 52.7 Å². The van der Waals surface area contributed by atoms with Crippen LogP contribution in [0, 0.1) is 0 Å². The minimum absolute atomic E-state index is 0.181. The molecule has 26 heavy (non-hydrogen) atoms. The van der Waals surface area contributed by atoms with E-state index in [2.05, 4.69) is 39.6 Å². The van der Waals surface area contributed by atoms with Gasteiger partial charge in [-0.15, -0.1) is 10.2 Å². The van der Waals surface area contributed by atoms with E-state index in [0.717, 1.165) is 17.0 Å². The lowest BCUT2D eigenvalue weighted by Gasteiger charge is -2.11. The van der Waals surface area contributed by atoms with Crippen molar-refractivity contribution in [2.45, 2.75) is 32.7 Å². The summed E-state index contributed by atoms with van der Waals surface area (Å²) in [5.74, 6) is 0.159. The molecule has 3 rings (SSSR count). The molecular formula is C18H20N6OS. The molecule has 3 aromatic rings. The summed E-state index contributed by atoms with van der Waals surface area (Å²) in [6.07, 6.45) is 0. The summed E-state index contributed by atoms with van der Waals surface area (Å²) in [6.45, 7) is 6.00.